The minimum atomic E-state index is -0.929. The molecule has 13 heavy (non-hydrogen) atoms. The monoisotopic (exact) mass is 181 g/mol. The molecule has 0 unspecified atom stereocenters. The van der Waals surface area contributed by atoms with Gasteiger partial charge in [0.15, 0.2) is 0 Å². The zero-order valence-corrected chi connectivity index (χ0v) is 8.24. The second-order valence-electron chi connectivity index (χ2n) is 3.08. The summed E-state index contributed by atoms with van der Waals surface area (Å²) in [5.41, 5.74) is 1.01. The molecule has 3 nitrogen and oxygen atoms in total. The molecule has 1 N–H and O–H groups in total. The Labute approximate surface area is 78.5 Å². The van der Waals surface area contributed by atoms with Gasteiger partial charge in [0.05, 0.1) is 0 Å². The highest BCUT2D eigenvalue weighted by molar-refractivity contribution is 5.91. The van der Waals surface area contributed by atoms with E-state index in [0.29, 0.717) is 0 Å². The fourth-order valence-corrected chi connectivity index (χ4v) is 0.465. The summed E-state index contributed by atoms with van der Waals surface area (Å²) in [5, 5.41) is 8.50. The van der Waals surface area contributed by atoms with Gasteiger partial charge in [0.25, 0.3) is 0 Å². The fourth-order valence-electron chi connectivity index (χ4n) is 0.465. The van der Waals surface area contributed by atoms with Crippen molar-refractivity contribution in [3.05, 3.63) is 23.9 Å². The molecule has 0 atom stereocenters. The number of nitrogens with zero attached hydrogens (tertiary/aromatic N) is 1. The molecule has 72 valence electrons. The topological polar surface area (TPSA) is 49.7 Å². The van der Waals surface area contributed by atoms with E-state index in [9.17, 15) is 4.79 Å². The van der Waals surface area contributed by atoms with E-state index in [-0.39, 0.29) is 11.5 Å². The maximum Gasteiger partial charge on any atom is 0.331 e. The smallest absolute Gasteiger partial charge is 0.331 e. The van der Waals surface area contributed by atoms with Gasteiger partial charge in [0, 0.05) is 17.5 Å². The third-order valence-corrected chi connectivity index (χ3v) is 1.57. The van der Waals surface area contributed by atoms with Gasteiger partial charge in [0.1, 0.15) is 0 Å². The van der Waals surface area contributed by atoms with E-state index in [0.717, 1.165) is 5.70 Å². The molecule has 0 heterocycles. The summed E-state index contributed by atoms with van der Waals surface area (Å²) in [4.78, 5) is 14.3. The second-order valence-corrected chi connectivity index (χ2v) is 3.08. The molecule has 0 bridgehead atoms. The van der Waals surface area contributed by atoms with Gasteiger partial charge < -0.3 is 5.11 Å². The van der Waals surface area contributed by atoms with Crippen molar-refractivity contribution in [2.45, 2.75) is 20.8 Å². The number of carboxylic acids is 1. The van der Waals surface area contributed by atoms with Gasteiger partial charge in [-0.1, -0.05) is 20.4 Å². The van der Waals surface area contributed by atoms with Crippen molar-refractivity contribution < 1.29 is 9.90 Å². The highest BCUT2D eigenvalue weighted by Gasteiger charge is 1.97. The fraction of sp³-hybridized carbons (Fsp3) is 0.400. The first-order valence-electron chi connectivity index (χ1n) is 4.08. The van der Waals surface area contributed by atoms with E-state index in [4.69, 9.17) is 5.11 Å². The van der Waals surface area contributed by atoms with E-state index >= 15 is 0 Å². The van der Waals surface area contributed by atoms with Crippen molar-refractivity contribution in [3.8, 4) is 0 Å². The van der Waals surface area contributed by atoms with Crippen LogP contribution in [0.5, 0.6) is 0 Å². The van der Waals surface area contributed by atoms with Crippen LogP contribution >= 0.6 is 0 Å². The summed E-state index contributed by atoms with van der Waals surface area (Å²) >= 11 is 0. The molecule has 0 aliphatic rings. The van der Waals surface area contributed by atoms with Crippen molar-refractivity contribution in [1.29, 1.82) is 0 Å². The predicted octanol–water partition coefficient (Wildman–Crippen LogP) is 2.26. The van der Waals surface area contributed by atoms with E-state index in [2.05, 4.69) is 11.6 Å². The third kappa shape index (κ3) is 4.95. The molecule has 0 aromatic carbocycles. The molecule has 0 saturated heterocycles. The number of allylic oxidation sites excluding steroid dienone is 2. The van der Waals surface area contributed by atoms with Crippen molar-refractivity contribution in [1.82, 2.24) is 0 Å². The van der Waals surface area contributed by atoms with Crippen LogP contribution in [-0.2, 0) is 4.79 Å². The Hall–Kier alpha value is -1.38. The van der Waals surface area contributed by atoms with Gasteiger partial charge in [-0.05, 0) is 18.9 Å². The van der Waals surface area contributed by atoms with Crippen molar-refractivity contribution >= 4 is 12.2 Å². The standard InChI is InChI=1S/C10H15NO2/c1-7(2)9(4)11-6-5-8(3)10(12)13/h5-7H,4H2,1-3H3,(H,12,13)/b8-5+,11-6?. The molecule has 0 aliphatic carbocycles. The average Bonchev–Trinajstić information content (AvgIpc) is 2.03. The number of hydrogen-bond donors (Lipinski definition) is 1. The maximum absolute atomic E-state index is 10.4. The van der Waals surface area contributed by atoms with Crippen LogP contribution < -0.4 is 0 Å². The molecule has 0 aromatic rings. The first kappa shape index (κ1) is 11.6. The number of aliphatic imine (C=N–C) groups is 1. The van der Waals surface area contributed by atoms with Gasteiger partial charge in [-0.2, -0.15) is 0 Å². The Morgan fingerprint density at radius 2 is 2.08 bits per heavy atom. The van der Waals surface area contributed by atoms with Crippen LogP contribution in [0.3, 0.4) is 0 Å². The maximum atomic E-state index is 10.4. The first-order valence-corrected chi connectivity index (χ1v) is 4.08. The summed E-state index contributed by atoms with van der Waals surface area (Å²) in [6, 6.07) is 0. The highest BCUT2D eigenvalue weighted by Crippen LogP contribution is 2.06. The number of carboxylic acid groups (broad SMARTS) is 1. The molecule has 0 radical (unpaired) electrons. The van der Waals surface area contributed by atoms with Crippen molar-refractivity contribution in [2.75, 3.05) is 0 Å². The summed E-state index contributed by atoms with van der Waals surface area (Å²) < 4.78 is 0. The van der Waals surface area contributed by atoms with Crippen LogP contribution in [0.2, 0.25) is 0 Å². The molecule has 0 amide bonds. The number of hydrogen-bond acceptors (Lipinski definition) is 2. The molecular weight excluding hydrogens is 166 g/mol. The van der Waals surface area contributed by atoms with Gasteiger partial charge in [0.2, 0.25) is 0 Å². The molecule has 0 saturated carbocycles. The Balaban J connectivity index is 4.23. The normalized spacial score (nSPS) is 12.5. The van der Waals surface area contributed by atoms with Crippen LogP contribution in [0.25, 0.3) is 0 Å². The highest BCUT2D eigenvalue weighted by atomic mass is 16.4. The van der Waals surface area contributed by atoms with Crippen molar-refractivity contribution in [3.63, 3.8) is 0 Å². The number of aliphatic carboxylic acids is 1. The molecule has 0 fully saturated rings. The molecule has 0 rings (SSSR count). The summed E-state index contributed by atoms with van der Waals surface area (Å²) in [6.45, 7) is 9.20. The number of carbonyl (C=O) groups is 1. The second kappa shape index (κ2) is 5.30. The van der Waals surface area contributed by atoms with Gasteiger partial charge >= 0.3 is 5.97 Å². The summed E-state index contributed by atoms with van der Waals surface area (Å²) in [7, 11) is 0. The zero-order valence-electron chi connectivity index (χ0n) is 8.24. The van der Waals surface area contributed by atoms with E-state index < -0.39 is 5.97 Å². The van der Waals surface area contributed by atoms with Crippen LogP contribution in [0, 0.1) is 5.92 Å². The van der Waals surface area contributed by atoms with E-state index in [1.807, 2.05) is 13.8 Å². The lowest BCUT2D eigenvalue weighted by Crippen LogP contribution is -1.96. The minimum Gasteiger partial charge on any atom is -0.478 e. The van der Waals surface area contributed by atoms with Crippen LogP contribution in [-0.4, -0.2) is 17.3 Å². The third-order valence-electron chi connectivity index (χ3n) is 1.57. The summed E-state index contributed by atoms with van der Waals surface area (Å²) in [5.74, 6) is -0.642. The Morgan fingerprint density at radius 3 is 2.46 bits per heavy atom. The predicted molar refractivity (Wildman–Crippen MR) is 53.9 cm³/mol. The molecule has 0 aromatic heterocycles. The van der Waals surface area contributed by atoms with Crippen LogP contribution in [0.15, 0.2) is 28.9 Å². The van der Waals surface area contributed by atoms with Gasteiger partial charge in [-0.25, -0.2) is 4.79 Å². The summed E-state index contributed by atoms with van der Waals surface area (Å²) in [6.07, 6.45) is 2.92. The Morgan fingerprint density at radius 1 is 1.54 bits per heavy atom. The first-order chi connectivity index (χ1) is 5.95. The number of rotatable bonds is 4. The Kier molecular flexibility index (Phi) is 4.74. The molecule has 0 aliphatic heterocycles. The van der Waals surface area contributed by atoms with Gasteiger partial charge in [-0.3, -0.25) is 4.99 Å². The van der Waals surface area contributed by atoms with Gasteiger partial charge in [-0.15, -0.1) is 0 Å². The average molecular weight is 181 g/mol. The van der Waals surface area contributed by atoms with Crippen LogP contribution in [0.4, 0.5) is 0 Å². The lowest BCUT2D eigenvalue weighted by atomic mass is 10.2. The molecular formula is C10H15NO2. The van der Waals surface area contributed by atoms with Crippen molar-refractivity contribution in [2.24, 2.45) is 10.9 Å². The van der Waals surface area contributed by atoms with E-state index in [1.165, 1.54) is 19.2 Å². The lowest BCUT2D eigenvalue weighted by molar-refractivity contribution is -0.132. The minimum absolute atomic E-state index is 0.264. The van der Waals surface area contributed by atoms with E-state index in [1.54, 1.807) is 0 Å². The lowest BCUT2D eigenvalue weighted by Gasteiger charge is -2.00. The molecule has 3 heteroatoms. The zero-order chi connectivity index (χ0) is 10.4. The van der Waals surface area contributed by atoms with Crippen LogP contribution in [0.1, 0.15) is 20.8 Å². The SMILES string of the molecule is C=C(N=C/C=C(\C)C(=O)O)C(C)C. The largest absolute Gasteiger partial charge is 0.478 e. The Bertz CT molecular complexity index is 262. The quantitative estimate of drug-likeness (QED) is 0.534. The molecule has 0 spiro atoms.